The van der Waals surface area contributed by atoms with E-state index in [-0.39, 0.29) is 59.1 Å². The first-order valence-corrected chi connectivity index (χ1v) is 14.6. The number of rotatable bonds is 7. The second kappa shape index (κ2) is 9.36. The molecule has 0 bridgehead atoms. The first kappa shape index (κ1) is 26.5. The van der Waals surface area contributed by atoms with Gasteiger partial charge in [0.05, 0.1) is 28.0 Å². The lowest BCUT2D eigenvalue weighted by atomic mass is 9.81. The fourth-order valence-corrected chi connectivity index (χ4v) is 7.95. The van der Waals surface area contributed by atoms with Crippen LogP contribution in [0.1, 0.15) is 44.6 Å². The second-order valence-corrected chi connectivity index (χ2v) is 13.6. The van der Waals surface area contributed by atoms with Gasteiger partial charge in [0.1, 0.15) is 11.6 Å². The summed E-state index contributed by atoms with van der Waals surface area (Å²) in [6, 6.07) is 2.91. The fraction of sp³-hybridized carbons (Fsp3) is 0.545. The molecule has 1 amide bonds. The summed E-state index contributed by atoms with van der Waals surface area (Å²) >= 11 is 0. The first-order chi connectivity index (χ1) is 16.7. The van der Waals surface area contributed by atoms with Crippen LogP contribution in [-0.2, 0) is 24.7 Å². The fourth-order valence-electron chi connectivity index (χ4n) is 4.57. The molecule has 1 aromatic rings. The van der Waals surface area contributed by atoms with Gasteiger partial charge >= 0.3 is 6.61 Å². The van der Waals surface area contributed by atoms with Gasteiger partial charge in [0.25, 0.3) is 10.0 Å². The molecular formula is C22H26F3N3O6S2. The Morgan fingerprint density at radius 1 is 1.25 bits per heavy atom. The van der Waals surface area contributed by atoms with Gasteiger partial charge in [0.2, 0.25) is 5.91 Å². The highest BCUT2D eigenvalue weighted by molar-refractivity contribution is 7.93. The van der Waals surface area contributed by atoms with Crippen molar-refractivity contribution in [2.24, 2.45) is 16.0 Å². The third kappa shape index (κ3) is 5.85. The summed E-state index contributed by atoms with van der Waals surface area (Å²) in [5, 5.41) is 2.09. The van der Waals surface area contributed by atoms with Crippen LogP contribution < -0.4 is 15.8 Å². The van der Waals surface area contributed by atoms with Gasteiger partial charge in [-0.25, -0.2) is 21.2 Å². The molecule has 1 aromatic carbocycles. The van der Waals surface area contributed by atoms with Crippen LogP contribution in [0.2, 0.25) is 0 Å². The molecular weight excluding hydrogens is 523 g/mol. The summed E-state index contributed by atoms with van der Waals surface area (Å²) in [7, 11) is -7.10. The summed E-state index contributed by atoms with van der Waals surface area (Å²) in [6.07, 6.45) is 1.06. The number of amides is 1. The van der Waals surface area contributed by atoms with Crippen LogP contribution in [0.15, 0.2) is 28.2 Å². The average Bonchev–Trinajstić information content (AvgIpc) is 3.58. The number of hydrogen-bond donors (Lipinski definition) is 2. The molecule has 0 unspecified atom stereocenters. The van der Waals surface area contributed by atoms with Crippen LogP contribution in [0, 0.1) is 11.7 Å². The summed E-state index contributed by atoms with van der Waals surface area (Å²) in [5.74, 6) is -2.70. The van der Waals surface area contributed by atoms with Gasteiger partial charge in [0, 0.05) is 23.6 Å². The van der Waals surface area contributed by atoms with Gasteiger partial charge in [0.15, 0.2) is 9.84 Å². The Kier molecular flexibility index (Phi) is 6.88. The predicted molar refractivity (Wildman–Crippen MR) is 126 cm³/mol. The van der Waals surface area contributed by atoms with Crippen molar-refractivity contribution in [2.45, 2.75) is 56.4 Å². The van der Waals surface area contributed by atoms with Crippen LogP contribution >= 0.6 is 0 Å². The Hall–Kier alpha value is -2.61. The smallest absolute Gasteiger partial charge is 0.387 e. The first-order valence-electron chi connectivity index (χ1n) is 11.3. The minimum absolute atomic E-state index is 0.00300. The molecule has 0 aromatic heterocycles. The zero-order chi connectivity index (χ0) is 26.5. The zero-order valence-electron chi connectivity index (χ0n) is 19.3. The molecule has 198 valence electrons. The number of benzene rings is 1. The lowest BCUT2D eigenvalue weighted by molar-refractivity contribution is -0.126. The molecule has 1 saturated heterocycles. The topological polar surface area (TPSA) is 145 Å². The molecule has 36 heavy (non-hydrogen) atoms. The Labute approximate surface area is 207 Å². The van der Waals surface area contributed by atoms with Crippen LogP contribution in [0.4, 0.5) is 13.2 Å². The summed E-state index contributed by atoms with van der Waals surface area (Å²) < 4.78 is 96.5. The van der Waals surface area contributed by atoms with Crippen molar-refractivity contribution in [3.05, 3.63) is 35.2 Å². The van der Waals surface area contributed by atoms with E-state index < -0.39 is 54.9 Å². The number of ether oxygens (including phenoxy) is 1. The highest BCUT2D eigenvalue weighted by Crippen LogP contribution is 2.36. The number of sulfone groups is 1. The standard InChI is InChI=1S/C22H26F3N3O6S2/c1-22(10-35(30,31)11-22)27-20(29)12-2-6-15(18(8-12)28-36(32,33)14-4-5-14)19(26)16-9-13(34-21(24)25)3-7-17(16)23/h3,7,9,12,14,21H,2,4-6,8,10-11,26H2,1H3,(H,27,29)/b19-15-,28-18+/t12-/m1/s1. The van der Waals surface area contributed by atoms with E-state index in [1.165, 1.54) is 0 Å². The molecule has 1 aliphatic heterocycles. The van der Waals surface area contributed by atoms with Crippen molar-refractivity contribution in [2.75, 3.05) is 11.5 Å². The molecule has 1 heterocycles. The highest BCUT2D eigenvalue weighted by Gasteiger charge is 2.47. The SMILES string of the molecule is CC1(NC(=O)[C@@H]2CCC(=C(/N)c3cc(OC(F)F)ccc3F)/C(=N/S(=O)(=O)C3CC3)C2)CS(=O)(=O)C1. The zero-order valence-corrected chi connectivity index (χ0v) is 21.0. The Balaban J connectivity index is 1.65. The molecule has 0 spiro atoms. The maximum absolute atomic E-state index is 14.6. The summed E-state index contributed by atoms with van der Waals surface area (Å²) in [4.78, 5) is 12.9. The molecule has 14 heteroatoms. The van der Waals surface area contributed by atoms with Crippen LogP contribution in [0.3, 0.4) is 0 Å². The van der Waals surface area contributed by atoms with Gasteiger partial charge in [-0.05, 0) is 56.4 Å². The number of carbonyl (C=O) groups excluding carboxylic acids is 1. The van der Waals surface area contributed by atoms with E-state index in [4.69, 9.17) is 5.73 Å². The highest BCUT2D eigenvalue weighted by atomic mass is 32.2. The molecule has 3 fully saturated rings. The summed E-state index contributed by atoms with van der Waals surface area (Å²) in [6.45, 7) is -1.53. The molecule has 3 aliphatic rings. The van der Waals surface area contributed by atoms with Gasteiger partial charge in [-0.2, -0.15) is 13.2 Å². The lowest BCUT2D eigenvalue weighted by Gasteiger charge is -2.39. The van der Waals surface area contributed by atoms with Crippen molar-refractivity contribution in [3.8, 4) is 5.75 Å². The van der Waals surface area contributed by atoms with Crippen molar-refractivity contribution in [1.29, 1.82) is 0 Å². The number of carbonyl (C=O) groups is 1. The largest absolute Gasteiger partial charge is 0.435 e. The number of sulfonamides is 1. The maximum atomic E-state index is 14.6. The monoisotopic (exact) mass is 549 g/mol. The number of hydrogen-bond acceptors (Lipinski definition) is 7. The van der Waals surface area contributed by atoms with Gasteiger partial charge in [-0.1, -0.05) is 0 Å². The molecule has 0 radical (unpaired) electrons. The molecule has 4 rings (SSSR count). The van der Waals surface area contributed by atoms with E-state index in [0.717, 1.165) is 18.2 Å². The Morgan fingerprint density at radius 2 is 1.92 bits per heavy atom. The number of nitrogens with two attached hydrogens (primary N) is 1. The Morgan fingerprint density at radius 3 is 2.50 bits per heavy atom. The minimum Gasteiger partial charge on any atom is -0.435 e. The second-order valence-electron chi connectivity index (χ2n) is 9.69. The number of alkyl halides is 2. The van der Waals surface area contributed by atoms with Crippen LogP contribution in [0.25, 0.3) is 5.70 Å². The normalized spacial score (nSPS) is 25.8. The van der Waals surface area contributed by atoms with E-state index in [1.807, 2.05) is 0 Å². The third-order valence-electron chi connectivity index (χ3n) is 6.36. The van der Waals surface area contributed by atoms with E-state index in [0.29, 0.717) is 12.8 Å². The van der Waals surface area contributed by atoms with E-state index in [2.05, 4.69) is 14.5 Å². The maximum Gasteiger partial charge on any atom is 0.387 e. The van der Waals surface area contributed by atoms with Crippen molar-refractivity contribution in [1.82, 2.24) is 5.32 Å². The molecule has 1 atom stereocenters. The lowest BCUT2D eigenvalue weighted by Crippen LogP contribution is -2.64. The number of nitrogens with one attached hydrogen (secondary N) is 1. The minimum atomic E-state index is -3.89. The third-order valence-corrected chi connectivity index (χ3v) is 10.3. The molecule has 2 saturated carbocycles. The summed E-state index contributed by atoms with van der Waals surface area (Å²) in [5.41, 5.74) is 5.06. The predicted octanol–water partition coefficient (Wildman–Crippen LogP) is 2.13. The Bertz CT molecular complexity index is 1340. The van der Waals surface area contributed by atoms with Gasteiger partial charge in [-0.15, -0.1) is 0 Å². The van der Waals surface area contributed by atoms with Gasteiger partial charge in [-0.3, -0.25) is 4.79 Å². The molecule has 2 aliphatic carbocycles. The number of allylic oxidation sites excluding steroid dienone is 1. The van der Waals surface area contributed by atoms with E-state index in [1.54, 1.807) is 6.92 Å². The van der Waals surface area contributed by atoms with Crippen molar-refractivity contribution in [3.63, 3.8) is 0 Å². The molecule has 3 N–H and O–H groups in total. The van der Waals surface area contributed by atoms with Gasteiger partial charge < -0.3 is 15.8 Å². The van der Waals surface area contributed by atoms with Crippen LogP contribution in [0.5, 0.6) is 5.75 Å². The average molecular weight is 550 g/mol. The quantitative estimate of drug-likeness (QED) is 0.530. The van der Waals surface area contributed by atoms with Crippen molar-refractivity contribution < 1.29 is 39.5 Å². The van der Waals surface area contributed by atoms with Crippen LogP contribution in [-0.4, -0.2) is 57.4 Å². The van der Waals surface area contributed by atoms with Crippen molar-refractivity contribution >= 4 is 37.2 Å². The molecule has 9 nitrogen and oxygen atoms in total. The van der Waals surface area contributed by atoms with E-state index >= 15 is 0 Å². The number of nitrogens with zero attached hydrogens (tertiary/aromatic N) is 1. The van der Waals surface area contributed by atoms with E-state index in [9.17, 15) is 34.8 Å². The number of halogens is 3.